The Morgan fingerprint density at radius 1 is 1.16 bits per heavy atom. The first-order valence-electron chi connectivity index (χ1n) is 9.17. The zero-order chi connectivity index (χ0) is 22.8. The van der Waals surface area contributed by atoms with Crippen LogP contribution < -0.4 is 10.1 Å². The van der Waals surface area contributed by atoms with E-state index in [2.05, 4.69) is 10.4 Å². The van der Waals surface area contributed by atoms with Crippen LogP contribution in [0.3, 0.4) is 0 Å². The van der Waals surface area contributed by atoms with E-state index in [1.807, 2.05) is 0 Å². The van der Waals surface area contributed by atoms with Crippen LogP contribution in [0.5, 0.6) is 5.75 Å². The molecule has 0 radical (unpaired) electrons. The van der Waals surface area contributed by atoms with E-state index < -0.39 is 21.2 Å². The van der Waals surface area contributed by atoms with Gasteiger partial charge in [-0.2, -0.15) is 5.10 Å². The molecule has 4 rings (SSSR count). The van der Waals surface area contributed by atoms with Crippen molar-refractivity contribution in [1.82, 2.24) is 15.1 Å². The number of rotatable bonds is 6. The molecule has 1 fully saturated rings. The lowest BCUT2D eigenvalue weighted by Gasteiger charge is -2.04. The van der Waals surface area contributed by atoms with Crippen molar-refractivity contribution < 1.29 is 19.4 Å². The number of ether oxygens (including phenoxy) is 1. The molecule has 1 saturated heterocycles. The average molecular weight is 453 g/mol. The van der Waals surface area contributed by atoms with Gasteiger partial charge in [0.15, 0.2) is 0 Å². The summed E-state index contributed by atoms with van der Waals surface area (Å²) in [7, 11) is 1.55. The Kier molecular flexibility index (Phi) is 5.60. The number of carbonyl (C=O) groups is 1. The van der Waals surface area contributed by atoms with Crippen LogP contribution in [0.15, 0.2) is 53.7 Å². The Labute approximate surface area is 185 Å². The highest BCUT2D eigenvalue weighted by Gasteiger charge is 2.23. The summed E-state index contributed by atoms with van der Waals surface area (Å²) in [4.78, 5) is 32.8. The highest BCUT2D eigenvalue weighted by molar-refractivity contribution is 8.04. The van der Waals surface area contributed by atoms with Gasteiger partial charge in [-0.3, -0.25) is 25.0 Å². The summed E-state index contributed by atoms with van der Waals surface area (Å²) in [5.41, 5.74) is 1.06. The predicted octanol–water partition coefficient (Wildman–Crippen LogP) is 3.53. The number of nitro benzene ring substituents is 2. The Balaban J connectivity index is 1.86. The van der Waals surface area contributed by atoms with E-state index in [9.17, 15) is 25.0 Å². The maximum Gasteiger partial charge on any atom is 0.301 e. The molecular formula is C20H15N5O6S. The molecule has 3 aromatic rings. The van der Waals surface area contributed by atoms with Gasteiger partial charge in [-0.25, -0.2) is 4.68 Å². The summed E-state index contributed by atoms with van der Waals surface area (Å²) in [6.45, 7) is 0. The first-order valence-corrected chi connectivity index (χ1v) is 10.2. The van der Waals surface area contributed by atoms with Gasteiger partial charge in [0.25, 0.3) is 5.69 Å². The molecule has 0 bridgehead atoms. The lowest BCUT2D eigenvalue weighted by Crippen LogP contribution is -2.13. The summed E-state index contributed by atoms with van der Waals surface area (Å²) in [5, 5.41) is 30.5. The maximum absolute atomic E-state index is 11.6. The van der Waals surface area contributed by atoms with E-state index >= 15 is 0 Å². The molecule has 2 heterocycles. The lowest BCUT2D eigenvalue weighted by molar-refractivity contribution is -0.394. The quantitative estimate of drug-likeness (QED) is 0.441. The van der Waals surface area contributed by atoms with Gasteiger partial charge >= 0.3 is 5.69 Å². The Hall–Kier alpha value is -4.19. The van der Waals surface area contributed by atoms with Gasteiger partial charge in [0, 0.05) is 23.4 Å². The molecule has 0 aliphatic carbocycles. The fraction of sp³-hybridized carbons (Fsp3) is 0.100. The van der Waals surface area contributed by atoms with Gasteiger partial charge in [-0.05, 0) is 36.4 Å². The Bertz CT molecular complexity index is 1270. The molecule has 0 saturated carbocycles. The lowest BCUT2D eigenvalue weighted by atomic mass is 10.1. The zero-order valence-corrected chi connectivity index (χ0v) is 17.4. The number of nitrogens with one attached hydrogen (secondary N) is 1. The van der Waals surface area contributed by atoms with Crippen molar-refractivity contribution in [2.75, 3.05) is 12.9 Å². The highest BCUT2D eigenvalue weighted by Crippen LogP contribution is 2.33. The van der Waals surface area contributed by atoms with Crippen molar-refractivity contribution in [2.24, 2.45) is 0 Å². The first kappa shape index (κ1) is 21.1. The smallest absolute Gasteiger partial charge is 0.301 e. The second-order valence-electron chi connectivity index (χ2n) is 6.64. The number of methoxy groups -OCH3 is 1. The molecule has 1 amide bonds. The predicted molar refractivity (Wildman–Crippen MR) is 117 cm³/mol. The first-order chi connectivity index (χ1) is 15.4. The Morgan fingerprint density at radius 2 is 1.91 bits per heavy atom. The summed E-state index contributed by atoms with van der Waals surface area (Å²) in [6.07, 6.45) is 3.31. The van der Waals surface area contributed by atoms with Gasteiger partial charge in [0.2, 0.25) is 5.91 Å². The molecule has 11 nitrogen and oxygen atoms in total. The second kappa shape index (κ2) is 8.51. The molecule has 2 aromatic carbocycles. The number of thioether (sulfide) groups is 1. The van der Waals surface area contributed by atoms with Crippen molar-refractivity contribution in [3.63, 3.8) is 0 Å². The summed E-state index contributed by atoms with van der Waals surface area (Å²) in [5.74, 6) is 0.828. The van der Waals surface area contributed by atoms with Crippen LogP contribution in [0.1, 0.15) is 5.56 Å². The molecule has 1 aromatic heterocycles. The van der Waals surface area contributed by atoms with Crippen molar-refractivity contribution >= 4 is 35.1 Å². The summed E-state index contributed by atoms with van der Waals surface area (Å²) < 4.78 is 6.48. The standard InChI is InChI=1S/C20H15N5O6S/c1-31-15-5-2-12(3-6-15)20-13(8-19-21-18(26)11-32-19)10-23(22-20)16-7-4-14(24(27)28)9-17(16)25(29)30/h2-10H,11H2,1H3,(H,21,26)/b19-8+. The largest absolute Gasteiger partial charge is 0.497 e. The third kappa shape index (κ3) is 4.16. The average Bonchev–Trinajstić information content (AvgIpc) is 3.39. The van der Waals surface area contributed by atoms with E-state index in [4.69, 9.17) is 4.74 Å². The maximum atomic E-state index is 11.6. The van der Waals surface area contributed by atoms with Crippen molar-refractivity contribution in [3.05, 3.63) is 79.5 Å². The molecule has 0 atom stereocenters. The third-order valence-electron chi connectivity index (χ3n) is 4.63. The molecule has 162 valence electrons. The van der Waals surface area contributed by atoms with Crippen molar-refractivity contribution in [2.45, 2.75) is 0 Å². The van der Waals surface area contributed by atoms with Crippen LogP contribution in [0.4, 0.5) is 11.4 Å². The highest BCUT2D eigenvalue weighted by atomic mass is 32.2. The van der Waals surface area contributed by atoms with Gasteiger partial charge in [0.1, 0.15) is 17.1 Å². The van der Waals surface area contributed by atoms with Gasteiger partial charge < -0.3 is 10.1 Å². The molecule has 1 aliphatic rings. The minimum Gasteiger partial charge on any atom is -0.497 e. The molecule has 1 aliphatic heterocycles. The molecule has 0 spiro atoms. The zero-order valence-electron chi connectivity index (χ0n) is 16.5. The van der Waals surface area contributed by atoms with Gasteiger partial charge in [-0.15, -0.1) is 0 Å². The van der Waals surface area contributed by atoms with E-state index in [1.54, 1.807) is 43.6 Å². The van der Waals surface area contributed by atoms with Crippen LogP contribution in [-0.2, 0) is 4.79 Å². The van der Waals surface area contributed by atoms with E-state index in [-0.39, 0.29) is 11.6 Å². The monoisotopic (exact) mass is 453 g/mol. The van der Waals surface area contributed by atoms with Crippen LogP contribution in [0.2, 0.25) is 0 Å². The number of amides is 1. The summed E-state index contributed by atoms with van der Waals surface area (Å²) >= 11 is 1.33. The fourth-order valence-corrected chi connectivity index (χ4v) is 3.88. The van der Waals surface area contributed by atoms with Crippen LogP contribution >= 0.6 is 11.8 Å². The number of nitrogens with zero attached hydrogens (tertiary/aromatic N) is 4. The normalized spacial score (nSPS) is 14.4. The number of benzene rings is 2. The van der Waals surface area contributed by atoms with Crippen LogP contribution in [-0.4, -0.2) is 38.4 Å². The minimum absolute atomic E-state index is 0.0723. The number of non-ortho nitro benzene ring substituents is 1. The minimum atomic E-state index is -0.696. The molecule has 32 heavy (non-hydrogen) atoms. The number of nitro groups is 2. The van der Waals surface area contributed by atoms with Crippen LogP contribution in [0.25, 0.3) is 23.0 Å². The fourth-order valence-electron chi connectivity index (χ4n) is 3.13. The molecular weight excluding hydrogens is 438 g/mol. The van der Waals surface area contributed by atoms with E-state index in [0.29, 0.717) is 27.8 Å². The topological polar surface area (TPSA) is 142 Å². The van der Waals surface area contributed by atoms with Crippen LogP contribution in [0, 0.1) is 20.2 Å². The van der Waals surface area contributed by atoms with E-state index in [0.717, 1.165) is 11.6 Å². The molecule has 12 heteroatoms. The number of carbonyl (C=O) groups excluding carboxylic acids is 1. The molecule has 0 unspecified atom stereocenters. The SMILES string of the molecule is COc1ccc(-c2nn(-c3ccc([N+](=O)[O-])cc3[N+](=O)[O-])cc2/C=C2\NC(=O)CS2)cc1. The van der Waals surface area contributed by atoms with E-state index in [1.165, 1.54) is 28.6 Å². The number of hydrogen-bond donors (Lipinski definition) is 1. The second-order valence-corrected chi connectivity index (χ2v) is 7.66. The van der Waals surface area contributed by atoms with Crippen molar-refractivity contribution in [3.8, 4) is 22.7 Å². The Morgan fingerprint density at radius 3 is 2.50 bits per heavy atom. The number of aromatic nitrogens is 2. The van der Waals surface area contributed by atoms with Crippen molar-refractivity contribution in [1.29, 1.82) is 0 Å². The number of hydrogen-bond acceptors (Lipinski definition) is 8. The molecule has 1 N–H and O–H groups in total. The summed E-state index contributed by atoms with van der Waals surface area (Å²) in [6, 6.07) is 10.5. The van der Waals surface area contributed by atoms with Gasteiger partial charge in [-0.1, -0.05) is 11.8 Å². The van der Waals surface area contributed by atoms with Gasteiger partial charge in [0.05, 0.1) is 33.8 Å². The third-order valence-corrected chi connectivity index (χ3v) is 5.56.